The van der Waals surface area contributed by atoms with E-state index in [1.807, 2.05) is 0 Å². The standard InChI is InChI=1S/C15H15ClN2O2/c16-12-5-2-6-13(9-12)18-8-7-17(14(19)15(18)20)10-11-3-1-4-11/h2,5-9,11H,1,3-4,10H2. The third kappa shape index (κ3) is 2.43. The SMILES string of the molecule is O=c1c(=O)n(-c2cccc(Cl)c2)ccn1CC1CCC1. The molecule has 0 spiro atoms. The Morgan fingerprint density at radius 3 is 2.60 bits per heavy atom. The molecule has 1 aliphatic carbocycles. The van der Waals surface area contributed by atoms with Crippen molar-refractivity contribution in [3.05, 3.63) is 62.4 Å². The summed E-state index contributed by atoms with van der Waals surface area (Å²) in [6.07, 6.45) is 6.82. The summed E-state index contributed by atoms with van der Waals surface area (Å²) in [5.74, 6) is 0.536. The number of benzene rings is 1. The topological polar surface area (TPSA) is 44.0 Å². The summed E-state index contributed by atoms with van der Waals surface area (Å²) >= 11 is 5.91. The van der Waals surface area contributed by atoms with Crippen LogP contribution in [0.2, 0.25) is 5.02 Å². The van der Waals surface area contributed by atoms with E-state index in [0.717, 1.165) is 12.8 Å². The molecule has 0 amide bonds. The molecule has 0 atom stereocenters. The minimum Gasteiger partial charge on any atom is -0.309 e. The van der Waals surface area contributed by atoms with Crippen LogP contribution in [0.3, 0.4) is 0 Å². The summed E-state index contributed by atoms with van der Waals surface area (Å²) in [5, 5.41) is 0.535. The predicted molar refractivity (Wildman–Crippen MR) is 78.7 cm³/mol. The Labute approximate surface area is 121 Å². The lowest BCUT2D eigenvalue weighted by atomic mass is 9.85. The van der Waals surface area contributed by atoms with Crippen LogP contribution in [-0.4, -0.2) is 9.13 Å². The van der Waals surface area contributed by atoms with Crippen molar-refractivity contribution in [1.82, 2.24) is 9.13 Å². The van der Waals surface area contributed by atoms with E-state index in [1.54, 1.807) is 36.7 Å². The maximum absolute atomic E-state index is 12.2. The average molecular weight is 291 g/mol. The van der Waals surface area contributed by atoms with E-state index < -0.39 is 11.1 Å². The molecule has 0 unspecified atom stereocenters. The zero-order valence-electron chi connectivity index (χ0n) is 11.0. The summed E-state index contributed by atoms with van der Waals surface area (Å²) in [6, 6.07) is 6.90. The van der Waals surface area contributed by atoms with E-state index in [2.05, 4.69) is 0 Å². The first-order valence-electron chi connectivity index (χ1n) is 6.73. The van der Waals surface area contributed by atoms with Crippen LogP contribution < -0.4 is 11.1 Å². The van der Waals surface area contributed by atoms with Gasteiger partial charge in [0.05, 0.1) is 5.69 Å². The summed E-state index contributed by atoms with van der Waals surface area (Å²) in [7, 11) is 0. The molecule has 0 saturated heterocycles. The fourth-order valence-corrected chi connectivity index (χ4v) is 2.62. The van der Waals surface area contributed by atoms with Gasteiger partial charge in [0.15, 0.2) is 0 Å². The lowest BCUT2D eigenvalue weighted by molar-refractivity contribution is 0.272. The van der Waals surface area contributed by atoms with Gasteiger partial charge in [-0.1, -0.05) is 24.1 Å². The van der Waals surface area contributed by atoms with E-state index in [0.29, 0.717) is 23.2 Å². The number of nitrogens with zero attached hydrogens (tertiary/aromatic N) is 2. The molecule has 4 nitrogen and oxygen atoms in total. The van der Waals surface area contributed by atoms with Crippen LogP contribution in [0.5, 0.6) is 0 Å². The van der Waals surface area contributed by atoms with Gasteiger partial charge in [-0.15, -0.1) is 0 Å². The molecule has 1 aromatic carbocycles. The Balaban J connectivity index is 2.00. The molecule has 1 fully saturated rings. The minimum atomic E-state index is -0.533. The molecule has 20 heavy (non-hydrogen) atoms. The first kappa shape index (κ1) is 13.2. The molecule has 3 rings (SSSR count). The second kappa shape index (κ2) is 5.29. The first-order chi connectivity index (χ1) is 9.65. The third-order valence-corrected chi connectivity index (χ3v) is 4.06. The van der Waals surface area contributed by atoms with Gasteiger partial charge < -0.3 is 4.57 Å². The Morgan fingerprint density at radius 2 is 1.95 bits per heavy atom. The quantitative estimate of drug-likeness (QED) is 0.815. The van der Waals surface area contributed by atoms with Gasteiger partial charge >= 0.3 is 11.1 Å². The molecule has 0 radical (unpaired) electrons. The monoisotopic (exact) mass is 290 g/mol. The molecule has 0 aliphatic heterocycles. The molecule has 2 aromatic rings. The number of aromatic nitrogens is 2. The molecule has 1 aliphatic rings. The number of halogens is 1. The van der Waals surface area contributed by atoms with Crippen molar-refractivity contribution in [2.75, 3.05) is 0 Å². The molecule has 5 heteroatoms. The van der Waals surface area contributed by atoms with E-state index in [4.69, 9.17) is 11.6 Å². The summed E-state index contributed by atoms with van der Waals surface area (Å²) in [4.78, 5) is 24.3. The molecule has 0 N–H and O–H groups in total. The van der Waals surface area contributed by atoms with Gasteiger partial charge in [-0.2, -0.15) is 0 Å². The third-order valence-electron chi connectivity index (χ3n) is 3.82. The van der Waals surface area contributed by atoms with Crippen LogP contribution >= 0.6 is 11.6 Å². The Kier molecular flexibility index (Phi) is 3.49. The molecule has 0 bridgehead atoms. The summed E-state index contributed by atoms with van der Waals surface area (Å²) in [6.45, 7) is 0.643. The first-order valence-corrected chi connectivity index (χ1v) is 7.11. The van der Waals surface area contributed by atoms with E-state index >= 15 is 0 Å². The predicted octanol–water partition coefficient (Wildman–Crippen LogP) is 2.45. The van der Waals surface area contributed by atoms with Gasteiger partial charge in [0.1, 0.15) is 0 Å². The fourth-order valence-electron chi connectivity index (χ4n) is 2.44. The molecular formula is C15H15ClN2O2. The van der Waals surface area contributed by atoms with Crippen molar-refractivity contribution in [2.45, 2.75) is 25.8 Å². The fraction of sp³-hybridized carbons (Fsp3) is 0.333. The Morgan fingerprint density at radius 1 is 1.15 bits per heavy atom. The van der Waals surface area contributed by atoms with E-state index in [-0.39, 0.29) is 0 Å². The van der Waals surface area contributed by atoms with Crippen molar-refractivity contribution in [1.29, 1.82) is 0 Å². The summed E-state index contributed by atoms with van der Waals surface area (Å²) < 4.78 is 2.86. The smallest absolute Gasteiger partial charge is 0.309 e. The molecule has 104 valence electrons. The lowest BCUT2D eigenvalue weighted by Gasteiger charge is -2.25. The van der Waals surface area contributed by atoms with Gasteiger partial charge in [-0.05, 0) is 37.0 Å². The average Bonchev–Trinajstić information content (AvgIpc) is 2.38. The van der Waals surface area contributed by atoms with Crippen molar-refractivity contribution in [2.24, 2.45) is 5.92 Å². The number of hydrogen-bond donors (Lipinski definition) is 0. The van der Waals surface area contributed by atoms with Gasteiger partial charge in [-0.25, -0.2) is 0 Å². The molecule has 1 aromatic heterocycles. The van der Waals surface area contributed by atoms with E-state index in [9.17, 15) is 9.59 Å². The second-order valence-corrected chi connectivity index (χ2v) is 5.64. The van der Waals surface area contributed by atoms with Crippen LogP contribution in [0, 0.1) is 5.92 Å². The minimum absolute atomic E-state index is 0.473. The van der Waals surface area contributed by atoms with Crippen molar-refractivity contribution >= 4 is 11.6 Å². The van der Waals surface area contributed by atoms with E-state index in [1.165, 1.54) is 15.6 Å². The normalized spacial score (nSPS) is 15.1. The Hall–Kier alpha value is -1.81. The molecule has 1 saturated carbocycles. The second-order valence-electron chi connectivity index (χ2n) is 5.21. The van der Waals surface area contributed by atoms with Gasteiger partial charge in [0.25, 0.3) is 0 Å². The highest BCUT2D eigenvalue weighted by Gasteiger charge is 2.19. The van der Waals surface area contributed by atoms with Gasteiger partial charge in [-0.3, -0.25) is 14.2 Å². The number of hydrogen-bond acceptors (Lipinski definition) is 2. The molecular weight excluding hydrogens is 276 g/mol. The maximum Gasteiger partial charge on any atom is 0.320 e. The highest BCUT2D eigenvalue weighted by atomic mass is 35.5. The van der Waals surface area contributed by atoms with Gasteiger partial charge in [0, 0.05) is 24.0 Å². The lowest BCUT2D eigenvalue weighted by Crippen LogP contribution is -2.41. The highest BCUT2D eigenvalue weighted by molar-refractivity contribution is 6.30. The van der Waals surface area contributed by atoms with Crippen LogP contribution in [0.4, 0.5) is 0 Å². The van der Waals surface area contributed by atoms with Crippen molar-refractivity contribution in [3.8, 4) is 5.69 Å². The van der Waals surface area contributed by atoms with Crippen molar-refractivity contribution < 1.29 is 0 Å². The van der Waals surface area contributed by atoms with Crippen LogP contribution in [0.15, 0.2) is 46.2 Å². The van der Waals surface area contributed by atoms with Crippen LogP contribution in [-0.2, 0) is 6.54 Å². The summed E-state index contributed by atoms with van der Waals surface area (Å²) in [5.41, 5.74) is -0.399. The number of rotatable bonds is 3. The van der Waals surface area contributed by atoms with Crippen LogP contribution in [0.25, 0.3) is 5.69 Å². The maximum atomic E-state index is 12.2. The molecule has 1 heterocycles. The van der Waals surface area contributed by atoms with Crippen molar-refractivity contribution in [3.63, 3.8) is 0 Å². The largest absolute Gasteiger partial charge is 0.320 e. The zero-order chi connectivity index (χ0) is 14.1. The van der Waals surface area contributed by atoms with Crippen LogP contribution in [0.1, 0.15) is 19.3 Å². The zero-order valence-corrected chi connectivity index (χ0v) is 11.7. The Bertz CT molecular complexity index is 744. The van der Waals surface area contributed by atoms with Gasteiger partial charge in [0.2, 0.25) is 0 Å². The highest BCUT2D eigenvalue weighted by Crippen LogP contribution is 2.27.